The van der Waals surface area contributed by atoms with Gasteiger partial charge in [0.2, 0.25) is 12.2 Å². The van der Waals surface area contributed by atoms with Crippen molar-refractivity contribution < 1.29 is 14.1 Å². The molecule has 4 aromatic rings. The van der Waals surface area contributed by atoms with Crippen molar-refractivity contribution in [1.82, 2.24) is 29.5 Å². The third kappa shape index (κ3) is 4.95. The van der Waals surface area contributed by atoms with E-state index >= 15 is 0 Å². The monoisotopic (exact) mass is 454 g/mol. The second-order valence-electron chi connectivity index (χ2n) is 6.41. The number of hydrogen-bond acceptors (Lipinski definition) is 8. The van der Waals surface area contributed by atoms with E-state index in [1.54, 1.807) is 4.57 Å². The lowest BCUT2D eigenvalue weighted by Crippen LogP contribution is -2.15. The number of hydrogen-bond donors (Lipinski definition) is 1. The van der Waals surface area contributed by atoms with Crippen LogP contribution in [0.4, 0.5) is 16.0 Å². The Morgan fingerprint density at radius 3 is 2.56 bits per heavy atom. The Hall–Kier alpha value is -4.13. The summed E-state index contributed by atoms with van der Waals surface area (Å²) in [4.78, 5) is 26.1. The third-order valence-corrected chi connectivity index (χ3v) is 5.10. The molecular formula is C19H15FN8O3S. The smallest absolute Gasteiger partial charge is 0.390 e. The van der Waals surface area contributed by atoms with Crippen LogP contribution in [0.25, 0.3) is 5.69 Å². The van der Waals surface area contributed by atoms with Crippen LogP contribution in [-0.2, 0) is 11.3 Å². The van der Waals surface area contributed by atoms with Crippen LogP contribution in [0, 0.1) is 15.9 Å². The molecule has 4 rings (SSSR count). The molecule has 0 fully saturated rings. The number of para-hydroxylation sites is 1. The van der Waals surface area contributed by atoms with Gasteiger partial charge in [-0.05, 0) is 41.3 Å². The molecule has 1 N–H and O–H groups in total. The Kier molecular flexibility index (Phi) is 6.17. The number of carbonyl (C=O) groups is 1. The molecule has 0 atom stereocenters. The first-order valence-corrected chi connectivity index (χ1v) is 10.2. The third-order valence-electron chi connectivity index (χ3n) is 4.17. The van der Waals surface area contributed by atoms with E-state index in [4.69, 9.17) is 0 Å². The van der Waals surface area contributed by atoms with Gasteiger partial charge in [0.25, 0.3) is 0 Å². The van der Waals surface area contributed by atoms with E-state index in [0.29, 0.717) is 16.7 Å². The van der Waals surface area contributed by atoms with Crippen molar-refractivity contribution in [3.8, 4) is 5.69 Å². The maximum atomic E-state index is 13.0. The summed E-state index contributed by atoms with van der Waals surface area (Å²) in [6.45, 7) is 0.0884. The summed E-state index contributed by atoms with van der Waals surface area (Å²) in [6, 6.07) is 14.7. The maximum absolute atomic E-state index is 13.0. The van der Waals surface area contributed by atoms with Gasteiger partial charge in [0.05, 0.1) is 5.75 Å². The van der Waals surface area contributed by atoms with E-state index in [2.05, 4.69) is 25.6 Å². The zero-order valence-electron chi connectivity index (χ0n) is 16.3. The normalized spacial score (nSPS) is 10.8. The van der Waals surface area contributed by atoms with E-state index in [9.17, 15) is 19.3 Å². The van der Waals surface area contributed by atoms with Gasteiger partial charge in [0.1, 0.15) is 12.4 Å². The lowest BCUT2D eigenvalue weighted by atomic mass is 10.3. The molecule has 0 aliphatic carbocycles. The van der Waals surface area contributed by atoms with Gasteiger partial charge in [0, 0.05) is 16.5 Å². The average Bonchev–Trinajstić information content (AvgIpc) is 3.42. The van der Waals surface area contributed by atoms with E-state index in [0.717, 1.165) is 17.4 Å². The Morgan fingerprint density at radius 1 is 1.12 bits per heavy atom. The molecule has 13 heteroatoms. The largest absolute Gasteiger partial charge is 0.490 e. The van der Waals surface area contributed by atoms with Gasteiger partial charge >= 0.3 is 5.95 Å². The van der Waals surface area contributed by atoms with E-state index in [1.165, 1.54) is 35.3 Å². The molecule has 0 bridgehead atoms. The van der Waals surface area contributed by atoms with Gasteiger partial charge in [0.15, 0.2) is 11.0 Å². The number of thioether (sulfide) groups is 1. The quantitative estimate of drug-likeness (QED) is 0.244. The minimum atomic E-state index is -0.681. The van der Waals surface area contributed by atoms with Crippen molar-refractivity contribution in [3.63, 3.8) is 0 Å². The fraction of sp³-hybridized carbons (Fsp3) is 0.105. The van der Waals surface area contributed by atoms with Gasteiger partial charge in [-0.3, -0.25) is 9.36 Å². The molecule has 11 nitrogen and oxygen atoms in total. The molecule has 0 aliphatic rings. The SMILES string of the molecule is O=C(CSc1nnc(Cn2cnc([N+](=O)[O-])n2)n1-c1ccccc1)Nc1ccc(F)cc1. The van der Waals surface area contributed by atoms with Crippen molar-refractivity contribution in [2.75, 3.05) is 11.1 Å². The molecule has 0 spiro atoms. The summed E-state index contributed by atoms with van der Waals surface area (Å²) in [6.07, 6.45) is 1.24. The lowest BCUT2D eigenvalue weighted by Gasteiger charge is -2.10. The van der Waals surface area contributed by atoms with Crippen LogP contribution < -0.4 is 5.32 Å². The molecule has 2 aromatic heterocycles. The highest BCUT2D eigenvalue weighted by Crippen LogP contribution is 2.23. The molecule has 2 heterocycles. The Labute approximate surface area is 184 Å². The molecule has 0 saturated carbocycles. The molecule has 1 amide bonds. The molecule has 0 unspecified atom stereocenters. The van der Waals surface area contributed by atoms with Crippen LogP contribution in [0.5, 0.6) is 0 Å². The zero-order chi connectivity index (χ0) is 22.5. The summed E-state index contributed by atoms with van der Waals surface area (Å²) in [5.74, 6) is -0.700. The van der Waals surface area contributed by atoms with Crippen LogP contribution in [0.1, 0.15) is 5.82 Å². The Balaban J connectivity index is 1.53. The lowest BCUT2D eigenvalue weighted by molar-refractivity contribution is -0.394. The van der Waals surface area contributed by atoms with Gasteiger partial charge < -0.3 is 15.4 Å². The molecular weight excluding hydrogens is 439 g/mol. The molecule has 2 aromatic carbocycles. The minimum Gasteiger partial charge on any atom is -0.390 e. The molecule has 162 valence electrons. The highest BCUT2D eigenvalue weighted by Gasteiger charge is 2.19. The Bertz CT molecular complexity index is 1240. The fourth-order valence-electron chi connectivity index (χ4n) is 2.78. The average molecular weight is 454 g/mol. The van der Waals surface area contributed by atoms with Gasteiger partial charge in [-0.15, -0.1) is 10.2 Å². The van der Waals surface area contributed by atoms with Crippen LogP contribution in [0.15, 0.2) is 66.1 Å². The topological polar surface area (TPSA) is 134 Å². The first-order valence-electron chi connectivity index (χ1n) is 9.21. The number of nitrogens with zero attached hydrogens (tertiary/aromatic N) is 7. The summed E-state index contributed by atoms with van der Waals surface area (Å²) < 4.78 is 16.0. The molecule has 0 saturated heterocycles. The highest BCUT2D eigenvalue weighted by molar-refractivity contribution is 7.99. The summed E-state index contributed by atoms with van der Waals surface area (Å²) >= 11 is 1.16. The highest BCUT2D eigenvalue weighted by atomic mass is 32.2. The number of nitro groups is 1. The van der Waals surface area contributed by atoms with Crippen LogP contribution in [0.3, 0.4) is 0 Å². The molecule has 32 heavy (non-hydrogen) atoms. The van der Waals surface area contributed by atoms with E-state index in [-0.39, 0.29) is 18.2 Å². The number of benzene rings is 2. The second-order valence-corrected chi connectivity index (χ2v) is 7.36. The van der Waals surface area contributed by atoms with Crippen molar-refractivity contribution in [2.45, 2.75) is 11.7 Å². The number of carbonyl (C=O) groups excluding carboxylic acids is 1. The van der Waals surface area contributed by atoms with Gasteiger partial charge in [-0.2, -0.15) is 4.68 Å². The standard InChI is InChI=1S/C19H15FN8O3S/c20-13-6-8-14(9-7-13)22-17(29)11-32-19-24-23-16(27(19)15-4-2-1-3-5-15)10-26-12-21-18(25-26)28(30)31/h1-9,12H,10-11H2,(H,22,29). The number of aromatic nitrogens is 6. The van der Waals surface area contributed by atoms with Crippen molar-refractivity contribution in [1.29, 1.82) is 0 Å². The van der Waals surface area contributed by atoms with Crippen molar-refractivity contribution in [3.05, 3.63) is 82.7 Å². The summed E-state index contributed by atoms with van der Waals surface area (Å²) in [5.41, 5.74) is 1.23. The number of rotatable bonds is 8. The predicted molar refractivity (Wildman–Crippen MR) is 113 cm³/mol. The van der Waals surface area contributed by atoms with E-state index < -0.39 is 16.7 Å². The fourth-order valence-corrected chi connectivity index (χ4v) is 3.55. The zero-order valence-corrected chi connectivity index (χ0v) is 17.1. The van der Waals surface area contributed by atoms with Crippen LogP contribution >= 0.6 is 11.8 Å². The first kappa shape index (κ1) is 21.1. The summed E-state index contributed by atoms with van der Waals surface area (Å²) in [7, 11) is 0. The van der Waals surface area contributed by atoms with Crippen molar-refractivity contribution in [2.24, 2.45) is 0 Å². The van der Waals surface area contributed by atoms with Crippen LogP contribution in [-0.4, -0.2) is 46.1 Å². The molecule has 0 radical (unpaired) electrons. The van der Waals surface area contributed by atoms with Gasteiger partial charge in [-0.1, -0.05) is 34.9 Å². The second kappa shape index (κ2) is 9.34. The molecule has 0 aliphatic heterocycles. The minimum absolute atomic E-state index is 0.0388. The van der Waals surface area contributed by atoms with E-state index in [1.807, 2.05) is 30.3 Å². The number of nitrogens with one attached hydrogen (secondary N) is 1. The van der Waals surface area contributed by atoms with Crippen LogP contribution in [0.2, 0.25) is 0 Å². The predicted octanol–water partition coefficient (Wildman–Crippen LogP) is 2.69. The number of amides is 1. The maximum Gasteiger partial charge on any atom is 0.490 e. The number of anilines is 1. The Morgan fingerprint density at radius 2 is 1.88 bits per heavy atom. The first-order chi connectivity index (χ1) is 15.5. The number of halogens is 1. The van der Waals surface area contributed by atoms with Gasteiger partial charge in [-0.25, -0.2) is 4.39 Å². The summed E-state index contributed by atoms with van der Waals surface area (Å²) in [5, 5.41) is 26.1. The van der Waals surface area contributed by atoms with Crippen molar-refractivity contribution >= 4 is 29.3 Å².